The first kappa shape index (κ1) is 10.7. The second-order valence-electron chi connectivity index (χ2n) is 4.69. The Morgan fingerprint density at radius 3 is 2.62 bits per heavy atom. The van der Waals surface area contributed by atoms with Gasteiger partial charge >= 0.3 is 0 Å². The van der Waals surface area contributed by atoms with Gasteiger partial charge in [0.05, 0.1) is 5.01 Å². The van der Waals surface area contributed by atoms with Gasteiger partial charge in [-0.25, -0.2) is 4.98 Å². The first-order chi connectivity index (χ1) is 6.08. The Hall–Kier alpha value is -0.370. The van der Waals surface area contributed by atoms with Crippen LogP contribution in [0.1, 0.15) is 45.0 Å². The fourth-order valence-electron chi connectivity index (χ4n) is 1.31. The van der Waals surface area contributed by atoms with Crippen molar-refractivity contribution in [1.82, 2.24) is 4.98 Å². The topological polar surface area (TPSA) is 12.9 Å². The number of unbranched alkanes of at least 4 members (excludes halogenated alkanes) is 1. The van der Waals surface area contributed by atoms with E-state index in [4.69, 9.17) is 0 Å². The van der Waals surface area contributed by atoms with Gasteiger partial charge in [-0.15, -0.1) is 11.3 Å². The molecule has 1 heterocycles. The number of aryl methyl sites for hydroxylation is 1. The zero-order chi connectivity index (χ0) is 9.73. The van der Waals surface area contributed by atoms with Crippen molar-refractivity contribution >= 4 is 11.3 Å². The number of rotatable bonds is 4. The molecule has 74 valence electrons. The van der Waals surface area contributed by atoms with Crippen molar-refractivity contribution in [3.8, 4) is 0 Å². The molecule has 2 heteroatoms. The van der Waals surface area contributed by atoms with Gasteiger partial charge in [0.25, 0.3) is 0 Å². The van der Waals surface area contributed by atoms with E-state index in [-0.39, 0.29) is 0 Å². The Bertz CT molecular complexity index is 221. The van der Waals surface area contributed by atoms with Crippen molar-refractivity contribution in [2.75, 3.05) is 0 Å². The van der Waals surface area contributed by atoms with Gasteiger partial charge in [0.15, 0.2) is 0 Å². The van der Waals surface area contributed by atoms with Gasteiger partial charge < -0.3 is 0 Å². The number of hydrogen-bond donors (Lipinski definition) is 0. The third kappa shape index (κ3) is 5.04. The molecule has 0 aliphatic heterocycles. The lowest BCUT2D eigenvalue weighted by molar-refractivity contribution is 0.360. The molecule has 0 saturated carbocycles. The summed E-state index contributed by atoms with van der Waals surface area (Å²) in [5.74, 6) is 0. The standard InChI is InChI=1S/C11H19NS/c1-11(2,3)7-5-4-6-10-12-8-9-13-10/h8-9H,4-7H2,1-3H3. The second kappa shape index (κ2) is 4.75. The first-order valence-corrected chi connectivity index (χ1v) is 5.84. The van der Waals surface area contributed by atoms with E-state index in [9.17, 15) is 0 Å². The number of hydrogen-bond acceptors (Lipinski definition) is 2. The Kier molecular flexibility index (Phi) is 3.91. The SMILES string of the molecule is CC(C)(C)CCCCc1nccs1. The lowest BCUT2D eigenvalue weighted by atomic mass is 9.89. The molecule has 0 atom stereocenters. The van der Waals surface area contributed by atoms with E-state index in [1.807, 2.05) is 6.20 Å². The van der Waals surface area contributed by atoms with Gasteiger partial charge in [-0.3, -0.25) is 0 Å². The lowest BCUT2D eigenvalue weighted by Crippen LogP contribution is -2.04. The Morgan fingerprint density at radius 1 is 1.31 bits per heavy atom. The Morgan fingerprint density at radius 2 is 2.08 bits per heavy atom. The highest BCUT2D eigenvalue weighted by molar-refractivity contribution is 7.09. The minimum atomic E-state index is 0.489. The Labute approximate surface area is 85.2 Å². The molecule has 0 aromatic carbocycles. The van der Waals surface area contributed by atoms with E-state index in [1.165, 1.54) is 24.3 Å². The molecule has 0 radical (unpaired) electrons. The van der Waals surface area contributed by atoms with Gasteiger partial charge in [-0.05, 0) is 24.7 Å². The summed E-state index contributed by atoms with van der Waals surface area (Å²) in [7, 11) is 0. The molecular weight excluding hydrogens is 178 g/mol. The monoisotopic (exact) mass is 197 g/mol. The normalized spacial score (nSPS) is 11.9. The lowest BCUT2D eigenvalue weighted by Gasteiger charge is -2.17. The van der Waals surface area contributed by atoms with E-state index < -0.39 is 0 Å². The quantitative estimate of drug-likeness (QED) is 0.667. The molecule has 0 fully saturated rings. The van der Waals surface area contributed by atoms with Gasteiger partial charge in [0.1, 0.15) is 0 Å². The molecule has 1 nitrogen and oxygen atoms in total. The van der Waals surface area contributed by atoms with E-state index in [0.717, 1.165) is 6.42 Å². The van der Waals surface area contributed by atoms with Gasteiger partial charge in [0, 0.05) is 11.6 Å². The summed E-state index contributed by atoms with van der Waals surface area (Å²) in [5, 5.41) is 3.34. The van der Waals surface area contributed by atoms with Crippen molar-refractivity contribution in [2.24, 2.45) is 5.41 Å². The average Bonchev–Trinajstić information content (AvgIpc) is 2.48. The molecule has 0 N–H and O–H groups in total. The number of nitrogens with zero attached hydrogens (tertiary/aromatic N) is 1. The largest absolute Gasteiger partial charge is 0.250 e. The van der Waals surface area contributed by atoms with Crippen molar-refractivity contribution in [3.05, 3.63) is 16.6 Å². The van der Waals surface area contributed by atoms with Crippen molar-refractivity contribution in [3.63, 3.8) is 0 Å². The van der Waals surface area contributed by atoms with Gasteiger partial charge in [-0.1, -0.05) is 27.2 Å². The van der Waals surface area contributed by atoms with E-state index in [0.29, 0.717) is 5.41 Å². The predicted octanol–water partition coefficient (Wildman–Crippen LogP) is 3.90. The summed E-state index contributed by atoms with van der Waals surface area (Å²) >= 11 is 1.77. The van der Waals surface area contributed by atoms with Crippen LogP contribution in [0.2, 0.25) is 0 Å². The van der Waals surface area contributed by atoms with E-state index in [1.54, 1.807) is 11.3 Å². The zero-order valence-corrected chi connectivity index (χ0v) is 9.66. The molecule has 0 aliphatic carbocycles. The summed E-state index contributed by atoms with van der Waals surface area (Å²) < 4.78 is 0. The van der Waals surface area contributed by atoms with Crippen LogP contribution < -0.4 is 0 Å². The average molecular weight is 197 g/mol. The van der Waals surface area contributed by atoms with E-state index in [2.05, 4.69) is 31.1 Å². The molecule has 0 unspecified atom stereocenters. The molecule has 0 bridgehead atoms. The van der Waals surface area contributed by atoms with Crippen molar-refractivity contribution < 1.29 is 0 Å². The zero-order valence-electron chi connectivity index (χ0n) is 8.84. The van der Waals surface area contributed by atoms with Crippen LogP contribution in [0, 0.1) is 5.41 Å². The molecular formula is C11H19NS. The van der Waals surface area contributed by atoms with Crippen LogP contribution in [0.5, 0.6) is 0 Å². The minimum Gasteiger partial charge on any atom is -0.250 e. The van der Waals surface area contributed by atoms with Crippen LogP contribution in [-0.4, -0.2) is 4.98 Å². The number of aromatic nitrogens is 1. The van der Waals surface area contributed by atoms with Crippen LogP contribution in [0.3, 0.4) is 0 Å². The highest BCUT2D eigenvalue weighted by Gasteiger charge is 2.08. The maximum atomic E-state index is 4.27. The third-order valence-corrected chi connectivity index (χ3v) is 2.89. The maximum absolute atomic E-state index is 4.27. The van der Waals surface area contributed by atoms with Crippen LogP contribution in [-0.2, 0) is 6.42 Å². The molecule has 0 saturated heterocycles. The van der Waals surface area contributed by atoms with Crippen LogP contribution in [0.25, 0.3) is 0 Å². The fourth-order valence-corrected chi connectivity index (χ4v) is 1.97. The van der Waals surface area contributed by atoms with E-state index >= 15 is 0 Å². The fraction of sp³-hybridized carbons (Fsp3) is 0.727. The van der Waals surface area contributed by atoms with Crippen molar-refractivity contribution in [1.29, 1.82) is 0 Å². The summed E-state index contributed by atoms with van der Waals surface area (Å²) in [6.45, 7) is 6.91. The first-order valence-electron chi connectivity index (χ1n) is 4.96. The number of thiazole rings is 1. The summed E-state index contributed by atoms with van der Waals surface area (Å²) in [4.78, 5) is 4.27. The molecule has 0 amide bonds. The summed E-state index contributed by atoms with van der Waals surface area (Å²) in [6.07, 6.45) is 6.98. The molecule has 13 heavy (non-hydrogen) atoms. The highest BCUT2D eigenvalue weighted by atomic mass is 32.1. The molecule has 0 spiro atoms. The van der Waals surface area contributed by atoms with Crippen LogP contribution in [0.4, 0.5) is 0 Å². The van der Waals surface area contributed by atoms with Gasteiger partial charge in [-0.2, -0.15) is 0 Å². The molecule has 0 aliphatic rings. The van der Waals surface area contributed by atoms with Crippen LogP contribution >= 0.6 is 11.3 Å². The third-order valence-electron chi connectivity index (χ3n) is 2.05. The minimum absolute atomic E-state index is 0.489. The summed E-state index contributed by atoms with van der Waals surface area (Å²) in [6, 6.07) is 0. The predicted molar refractivity (Wildman–Crippen MR) is 59.1 cm³/mol. The molecule has 1 rings (SSSR count). The molecule has 1 aromatic heterocycles. The van der Waals surface area contributed by atoms with Gasteiger partial charge in [0.2, 0.25) is 0 Å². The Balaban J connectivity index is 2.09. The second-order valence-corrected chi connectivity index (χ2v) is 5.67. The highest BCUT2D eigenvalue weighted by Crippen LogP contribution is 2.22. The van der Waals surface area contributed by atoms with Crippen LogP contribution in [0.15, 0.2) is 11.6 Å². The van der Waals surface area contributed by atoms with Crippen molar-refractivity contribution in [2.45, 2.75) is 46.5 Å². The maximum Gasteiger partial charge on any atom is 0.0924 e. The summed E-state index contributed by atoms with van der Waals surface area (Å²) in [5.41, 5.74) is 0.489. The smallest absolute Gasteiger partial charge is 0.0924 e. The molecule has 1 aromatic rings.